The van der Waals surface area contributed by atoms with E-state index in [9.17, 15) is 0 Å². The van der Waals surface area contributed by atoms with E-state index in [4.69, 9.17) is 23.2 Å². The lowest BCUT2D eigenvalue weighted by molar-refractivity contribution is 0.0975. The lowest BCUT2D eigenvalue weighted by atomic mass is 9.56. The van der Waals surface area contributed by atoms with Gasteiger partial charge in [-0.05, 0) is 25.2 Å². The standard InChI is InChI=1S/C13H18Cl2/c1-12(2)9-5-4-6-11(15)13(9,3)8-7-10(12)14/h6-7,9H,4-5,8H2,1-3H3/t9-,13-/m0/s1. The molecular formula is C13H18Cl2. The van der Waals surface area contributed by atoms with E-state index >= 15 is 0 Å². The van der Waals surface area contributed by atoms with Crippen molar-refractivity contribution in [2.75, 3.05) is 0 Å². The van der Waals surface area contributed by atoms with E-state index in [-0.39, 0.29) is 10.8 Å². The first-order valence-electron chi connectivity index (χ1n) is 5.61. The molecule has 2 aliphatic rings. The van der Waals surface area contributed by atoms with Gasteiger partial charge in [0, 0.05) is 20.9 Å². The van der Waals surface area contributed by atoms with Gasteiger partial charge in [0.05, 0.1) is 0 Å². The summed E-state index contributed by atoms with van der Waals surface area (Å²) in [5.41, 5.74) is 0.185. The predicted molar refractivity (Wildman–Crippen MR) is 67.1 cm³/mol. The van der Waals surface area contributed by atoms with Gasteiger partial charge in [0.25, 0.3) is 0 Å². The van der Waals surface area contributed by atoms with Crippen LogP contribution in [0.25, 0.3) is 0 Å². The zero-order valence-corrected chi connectivity index (χ0v) is 11.1. The SMILES string of the molecule is CC1(C)C(Cl)=CC[C@]2(C)C(Cl)=CCC[C@@H]12. The summed E-state index contributed by atoms with van der Waals surface area (Å²) in [7, 11) is 0. The molecule has 0 nitrogen and oxygen atoms in total. The quantitative estimate of drug-likeness (QED) is 0.558. The fourth-order valence-corrected chi connectivity index (χ4v) is 3.75. The Balaban J connectivity index is 2.48. The third-order valence-electron chi connectivity index (χ3n) is 4.29. The molecule has 0 heterocycles. The second kappa shape index (κ2) is 3.53. The molecule has 0 N–H and O–H groups in total. The molecule has 2 atom stereocenters. The number of hydrogen-bond donors (Lipinski definition) is 0. The van der Waals surface area contributed by atoms with E-state index < -0.39 is 0 Å². The van der Waals surface area contributed by atoms with E-state index in [1.807, 2.05) is 0 Å². The molecule has 0 aliphatic heterocycles. The number of halogens is 2. The van der Waals surface area contributed by atoms with Crippen LogP contribution >= 0.6 is 23.2 Å². The first-order chi connectivity index (χ1) is 6.89. The van der Waals surface area contributed by atoms with Gasteiger partial charge in [-0.2, -0.15) is 0 Å². The van der Waals surface area contributed by atoms with E-state index in [1.54, 1.807) is 0 Å². The highest BCUT2D eigenvalue weighted by Crippen LogP contribution is 2.59. The molecule has 84 valence electrons. The second-order valence-corrected chi connectivity index (χ2v) is 6.39. The fourth-order valence-electron chi connectivity index (χ4n) is 3.22. The van der Waals surface area contributed by atoms with Crippen LogP contribution in [0.2, 0.25) is 0 Å². The number of rotatable bonds is 0. The number of fused-ring (bicyclic) bond motifs is 1. The molecule has 0 spiro atoms. The van der Waals surface area contributed by atoms with E-state index in [0.717, 1.165) is 22.9 Å². The molecule has 0 bridgehead atoms. The Hall–Kier alpha value is 0.0600. The summed E-state index contributed by atoms with van der Waals surface area (Å²) in [6.45, 7) is 6.75. The molecule has 0 saturated carbocycles. The van der Waals surface area contributed by atoms with Crippen LogP contribution in [0.4, 0.5) is 0 Å². The lowest BCUT2D eigenvalue weighted by Crippen LogP contribution is -2.43. The summed E-state index contributed by atoms with van der Waals surface area (Å²) in [4.78, 5) is 0. The van der Waals surface area contributed by atoms with Crippen LogP contribution in [0, 0.1) is 16.7 Å². The molecular weight excluding hydrogens is 227 g/mol. The minimum absolute atomic E-state index is 0.0724. The normalized spacial score (nSPS) is 39.1. The van der Waals surface area contributed by atoms with Crippen molar-refractivity contribution in [1.29, 1.82) is 0 Å². The van der Waals surface area contributed by atoms with Crippen molar-refractivity contribution in [3.8, 4) is 0 Å². The van der Waals surface area contributed by atoms with E-state index in [2.05, 4.69) is 32.9 Å². The first kappa shape index (κ1) is 11.5. The van der Waals surface area contributed by atoms with Crippen LogP contribution in [0.1, 0.15) is 40.0 Å². The van der Waals surface area contributed by atoms with Gasteiger partial charge < -0.3 is 0 Å². The maximum Gasteiger partial charge on any atom is 0.0206 e. The summed E-state index contributed by atoms with van der Waals surface area (Å²) < 4.78 is 0. The zero-order valence-electron chi connectivity index (χ0n) is 9.61. The highest BCUT2D eigenvalue weighted by molar-refractivity contribution is 6.31. The van der Waals surface area contributed by atoms with Crippen molar-refractivity contribution >= 4 is 23.2 Å². The fraction of sp³-hybridized carbons (Fsp3) is 0.692. The Bertz CT molecular complexity index is 338. The predicted octanol–water partition coefficient (Wildman–Crippen LogP) is 5.08. The van der Waals surface area contributed by atoms with Crippen LogP contribution in [0.5, 0.6) is 0 Å². The Morgan fingerprint density at radius 2 is 1.80 bits per heavy atom. The topological polar surface area (TPSA) is 0 Å². The van der Waals surface area contributed by atoms with E-state index in [0.29, 0.717) is 5.92 Å². The largest absolute Gasteiger partial charge is 0.0889 e. The molecule has 0 amide bonds. The van der Waals surface area contributed by atoms with Crippen molar-refractivity contribution < 1.29 is 0 Å². The third-order valence-corrected chi connectivity index (χ3v) is 5.51. The highest BCUT2D eigenvalue weighted by Gasteiger charge is 2.49. The molecule has 0 aromatic carbocycles. The van der Waals surface area contributed by atoms with Gasteiger partial charge >= 0.3 is 0 Å². The zero-order chi connectivity index (χ0) is 11.3. The van der Waals surface area contributed by atoms with Gasteiger partial charge in [-0.25, -0.2) is 0 Å². The lowest BCUT2D eigenvalue weighted by Gasteiger charge is -2.51. The van der Waals surface area contributed by atoms with Crippen molar-refractivity contribution in [2.24, 2.45) is 16.7 Å². The van der Waals surface area contributed by atoms with Crippen LogP contribution < -0.4 is 0 Å². The van der Waals surface area contributed by atoms with E-state index in [1.165, 1.54) is 6.42 Å². The summed E-state index contributed by atoms with van der Waals surface area (Å²) in [5.74, 6) is 0.569. The second-order valence-electron chi connectivity index (χ2n) is 5.58. The van der Waals surface area contributed by atoms with Gasteiger partial charge in [0.1, 0.15) is 0 Å². The molecule has 2 aliphatic carbocycles. The van der Waals surface area contributed by atoms with Crippen LogP contribution in [0.3, 0.4) is 0 Å². The Morgan fingerprint density at radius 1 is 1.13 bits per heavy atom. The van der Waals surface area contributed by atoms with Crippen LogP contribution in [-0.2, 0) is 0 Å². The molecule has 2 heteroatoms. The summed E-state index contributed by atoms with van der Waals surface area (Å²) in [5, 5.41) is 2.04. The molecule has 0 unspecified atom stereocenters. The summed E-state index contributed by atoms with van der Waals surface area (Å²) in [6.07, 6.45) is 7.60. The van der Waals surface area contributed by atoms with Crippen molar-refractivity contribution in [2.45, 2.75) is 40.0 Å². The molecule has 2 rings (SSSR count). The molecule has 15 heavy (non-hydrogen) atoms. The third kappa shape index (κ3) is 1.57. The number of allylic oxidation sites excluding steroid dienone is 4. The minimum Gasteiger partial charge on any atom is -0.0889 e. The monoisotopic (exact) mass is 244 g/mol. The van der Waals surface area contributed by atoms with Crippen molar-refractivity contribution in [3.05, 3.63) is 22.2 Å². The maximum atomic E-state index is 6.40. The Kier molecular flexibility index (Phi) is 2.72. The summed E-state index contributed by atoms with van der Waals surface area (Å²) in [6, 6.07) is 0. The minimum atomic E-state index is 0.0724. The van der Waals surface area contributed by atoms with Gasteiger partial charge in [-0.1, -0.05) is 56.1 Å². The first-order valence-corrected chi connectivity index (χ1v) is 6.37. The van der Waals surface area contributed by atoms with Gasteiger partial charge in [0.2, 0.25) is 0 Å². The molecule has 0 radical (unpaired) electrons. The van der Waals surface area contributed by atoms with Crippen LogP contribution in [-0.4, -0.2) is 0 Å². The highest BCUT2D eigenvalue weighted by atomic mass is 35.5. The molecule has 0 aromatic rings. The Morgan fingerprint density at radius 3 is 2.47 bits per heavy atom. The Labute approximate surface area is 102 Å². The van der Waals surface area contributed by atoms with Crippen molar-refractivity contribution in [1.82, 2.24) is 0 Å². The molecule has 0 aromatic heterocycles. The average molecular weight is 245 g/mol. The van der Waals surface area contributed by atoms with Gasteiger partial charge in [-0.3, -0.25) is 0 Å². The van der Waals surface area contributed by atoms with Gasteiger partial charge in [0.15, 0.2) is 0 Å². The average Bonchev–Trinajstić information content (AvgIpc) is 2.16. The molecule has 0 fully saturated rings. The smallest absolute Gasteiger partial charge is 0.0206 e. The maximum absolute atomic E-state index is 6.40. The van der Waals surface area contributed by atoms with Crippen molar-refractivity contribution in [3.63, 3.8) is 0 Å². The summed E-state index contributed by atoms with van der Waals surface area (Å²) >= 11 is 12.7. The van der Waals surface area contributed by atoms with Crippen LogP contribution in [0.15, 0.2) is 22.2 Å². The molecule has 0 saturated heterocycles. The van der Waals surface area contributed by atoms with Gasteiger partial charge in [-0.15, -0.1) is 0 Å². The number of hydrogen-bond acceptors (Lipinski definition) is 0.